The molecule has 0 amide bonds. The fourth-order valence-corrected chi connectivity index (χ4v) is 2.73. The summed E-state index contributed by atoms with van der Waals surface area (Å²) in [4.78, 5) is 0. The number of aliphatic hydroxyl groups is 2. The van der Waals surface area contributed by atoms with Crippen LogP contribution in [-0.4, -0.2) is 28.9 Å². The fourth-order valence-electron chi connectivity index (χ4n) is 2.73. The van der Waals surface area contributed by atoms with E-state index in [0.717, 1.165) is 31.2 Å². The molecule has 0 heterocycles. The number of nitrogens with one attached hydrogen (secondary N) is 1. The van der Waals surface area contributed by atoms with E-state index in [0.29, 0.717) is 6.54 Å². The van der Waals surface area contributed by atoms with Gasteiger partial charge in [-0.1, -0.05) is 49.6 Å². The van der Waals surface area contributed by atoms with Gasteiger partial charge in [0.25, 0.3) is 0 Å². The molecule has 1 saturated carbocycles. The molecule has 1 aromatic carbocycles. The average Bonchev–Trinajstić information content (AvgIpc) is 2.47. The minimum atomic E-state index is -0.503. The van der Waals surface area contributed by atoms with E-state index in [1.807, 2.05) is 30.3 Å². The van der Waals surface area contributed by atoms with Crippen LogP contribution < -0.4 is 5.32 Å². The minimum absolute atomic E-state index is 0.161. The van der Waals surface area contributed by atoms with Gasteiger partial charge in [0.15, 0.2) is 0 Å². The van der Waals surface area contributed by atoms with Crippen molar-refractivity contribution in [3.63, 3.8) is 0 Å². The van der Waals surface area contributed by atoms with Crippen LogP contribution in [0.2, 0.25) is 0 Å². The lowest BCUT2D eigenvalue weighted by molar-refractivity contribution is 0.0944. The van der Waals surface area contributed by atoms with Crippen molar-refractivity contribution in [2.45, 2.75) is 43.7 Å². The van der Waals surface area contributed by atoms with Crippen molar-refractivity contribution in [2.24, 2.45) is 0 Å². The molecule has 100 valence electrons. The first-order chi connectivity index (χ1) is 8.76. The maximum Gasteiger partial charge on any atom is 0.0914 e. The number of hydrogen-bond donors (Lipinski definition) is 3. The van der Waals surface area contributed by atoms with Crippen molar-refractivity contribution >= 4 is 0 Å². The van der Waals surface area contributed by atoms with Crippen LogP contribution in [0.15, 0.2) is 30.3 Å². The first-order valence-corrected chi connectivity index (χ1v) is 6.85. The number of rotatable bonds is 5. The van der Waals surface area contributed by atoms with Crippen LogP contribution in [0.1, 0.15) is 43.8 Å². The summed E-state index contributed by atoms with van der Waals surface area (Å²) >= 11 is 0. The van der Waals surface area contributed by atoms with Gasteiger partial charge in [-0.25, -0.2) is 0 Å². The zero-order valence-corrected chi connectivity index (χ0v) is 10.8. The fraction of sp³-hybridized carbons (Fsp3) is 0.600. The molecule has 3 nitrogen and oxygen atoms in total. The minimum Gasteiger partial charge on any atom is -0.394 e. The lowest BCUT2D eigenvalue weighted by Crippen LogP contribution is -2.51. The highest BCUT2D eigenvalue weighted by Gasteiger charge is 2.31. The Morgan fingerprint density at radius 3 is 2.39 bits per heavy atom. The third kappa shape index (κ3) is 3.31. The summed E-state index contributed by atoms with van der Waals surface area (Å²) in [5.41, 5.74) is 0.752. The summed E-state index contributed by atoms with van der Waals surface area (Å²) < 4.78 is 0. The van der Waals surface area contributed by atoms with E-state index in [9.17, 15) is 10.2 Å². The van der Waals surface area contributed by atoms with Gasteiger partial charge < -0.3 is 15.5 Å². The molecule has 2 rings (SSSR count). The van der Waals surface area contributed by atoms with Crippen LogP contribution in [0.25, 0.3) is 0 Å². The summed E-state index contributed by atoms with van der Waals surface area (Å²) in [5.74, 6) is 0. The Labute approximate surface area is 109 Å². The van der Waals surface area contributed by atoms with Gasteiger partial charge >= 0.3 is 0 Å². The Morgan fingerprint density at radius 1 is 1.11 bits per heavy atom. The van der Waals surface area contributed by atoms with Crippen molar-refractivity contribution in [1.82, 2.24) is 5.32 Å². The third-order valence-corrected chi connectivity index (χ3v) is 3.97. The highest BCUT2D eigenvalue weighted by atomic mass is 16.3. The molecule has 1 fully saturated rings. The van der Waals surface area contributed by atoms with Gasteiger partial charge in [-0.3, -0.25) is 0 Å². The Bertz CT molecular complexity index is 347. The maximum absolute atomic E-state index is 10.1. The molecule has 1 aliphatic carbocycles. The molecule has 1 atom stereocenters. The monoisotopic (exact) mass is 249 g/mol. The highest BCUT2D eigenvalue weighted by molar-refractivity contribution is 5.17. The molecule has 18 heavy (non-hydrogen) atoms. The van der Waals surface area contributed by atoms with Gasteiger partial charge in [-0.15, -0.1) is 0 Å². The van der Waals surface area contributed by atoms with E-state index in [1.54, 1.807) is 0 Å². The zero-order valence-electron chi connectivity index (χ0n) is 10.8. The summed E-state index contributed by atoms with van der Waals surface area (Å²) in [7, 11) is 0. The van der Waals surface area contributed by atoms with Gasteiger partial charge in [-0.2, -0.15) is 0 Å². The molecule has 0 saturated heterocycles. The summed E-state index contributed by atoms with van der Waals surface area (Å²) in [6, 6.07) is 9.67. The van der Waals surface area contributed by atoms with Gasteiger partial charge in [0.05, 0.1) is 12.7 Å². The second-order valence-corrected chi connectivity index (χ2v) is 5.31. The van der Waals surface area contributed by atoms with E-state index >= 15 is 0 Å². The predicted octanol–water partition coefficient (Wildman–Crippen LogP) is 2.00. The molecule has 3 N–H and O–H groups in total. The Balaban J connectivity index is 1.90. The molecule has 0 aromatic heterocycles. The third-order valence-electron chi connectivity index (χ3n) is 3.97. The number of β-amino-alcohol motifs (C(OH)–C–C–N with tert-alkyl or cyclic N) is 1. The SMILES string of the molecule is OCC1(NCC(O)c2ccccc2)CCCCC1. The molecular formula is C15H23NO2. The molecule has 0 spiro atoms. The number of hydrogen-bond acceptors (Lipinski definition) is 3. The average molecular weight is 249 g/mol. The van der Waals surface area contributed by atoms with Gasteiger partial charge in [0.1, 0.15) is 0 Å². The van der Waals surface area contributed by atoms with E-state index in [2.05, 4.69) is 5.32 Å². The molecule has 0 radical (unpaired) electrons. The van der Waals surface area contributed by atoms with Crippen LogP contribution in [0.4, 0.5) is 0 Å². The van der Waals surface area contributed by atoms with Crippen molar-refractivity contribution in [3.05, 3.63) is 35.9 Å². The van der Waals surface area contributed by atoms with Crippen LogP contribution in [-0.2, 0) is 0 Å². The zero-order chi connectivity index (χ0) is 12.8. The second-order valence-electron chi connectivity index (χ2n) is 5.31. The Morgan fingerprint density at radius 2 is 1.78 bits per heavy atom. The smallest absolute Gasteiger partial charge is 0.0914 e. The molecule has 3 heteroatoms. The quantitative estimate of drug-likeness (QED) is 0.748. The van der Waals surface area contributed by atoms with E-state index < -0.39 is 6.10 Å². The highest BCUT2D eigenvalue weighted by Crippen LogP contribution is 2.28. The second kappa shape index (κ2) is 6.32. The number of benzene rings is 1. The molecule has 1 aliphatic rings. The number of aliphatic hydroxyl groups excluding tert-OH is 2. The molecule has 1 aromatic rings. The van der Waals surface area contributed by atoms with Crippen molar-refractivity contribution < 1.29 is 10.2 Å². The first-order valence-electron chi connectivity index (χ1n) is 6.85. The van der Waals surface area contributed by atoms with E-state index in [1.165, 1.54) is 6.42 Å². The largest absolute Gasteiger partial charge is 0.394 e. The lowest BCUT2D eigenvalue weighted by Gasteiger charge is -2.37. The topological polar surface area (TPSA) is 52.5 Å². The van der Waals surface area contributed by atoms with Crippen LogP contribution in [0.3, 0.4) is 0 Å². The van der Waals surface area contributed by atoms with Gasteiger partial charge in [-0.05, 0) is 18.4 Å². The first kappa shape index (κ1) is 13.5. The summed E-state index contributed by atoms with van der Waals surface area (Å²) in [6.45, 7) is 0.666. The van der Waals surface area contributed by atoms with Crippen molar-refractivity contribution in [3.8, 4) is 0 Å². The summed E-state index contributed by atoms with van der Waals surface area (Å²) in [5, 5.41) is 23.1. The standard InChI is InChI=1S/C15H23NO2/c17-12-15(9-5-2-6-10-15)16-11-14(18)13-7-3-1-4-8-13/h1,3-4,7-8,14,16-18H,2,5-6,9-12H2. The molecule has 0 bridgehead atoms. The van der Waals surface area contributed by atoms with Crippen molar-refractivity contribution in [1.29, 1.82) is 0 Å². The maximum atomic E-state index is 10.1. The Hall–Kier alpha value is -0.900. The normalized spacial score (nSPS) is 20.6. The van der Waals surface area contributed by atoms with E-state index in [4.69, 9.17) is 0 Å². The predicted molar refractivity (Wildman–Crippen MR) is 72.3 cm³/mol. The van der Waals surface area contributed by atoms with Crippen molar-refractivity contribution in [2.75, 3.05) is 13.2 Å². The van der Waals surface area contributed by atoms with Gasteiger partial charge in [0, 0.05) is 12.1 Å². The van der Waals surface area contributed by atoms with E-state index in [-0.39, 0.29) is 12.1 Å². The molecule has 0 aliphatic heterocycles. The Kier molecular flexibility index (Phi) is 4.75. The lowest BCUT2D eigenvalue weighted by atomic mass is 9.82. The summed E-state index contributed by atoms with van der Waals surface area (Å²) in [6.07, 6.45) is 5.08. The van der Waals surface area contributed by atoms with Crippen LogP contribution in [0, 0.1) is 0 Å². The van der Waals surface area contributed by atoms with Gasteiger partial charge in [0.2, 0.25) is 0 Å². The van der Waals surface area contributed by atoms with Crippen LogP contribution >= 0.6 is 0 Å². The van der Waals surface area contributed by atoms with Crippen LogP contribution in [0.5, 0.6) is 0 Å². The molecular weight excluding hydrogens is 226 g/mol. The molecule has 1 unspecified atom stereocenters.